The van der Waals surface area contributed by atoms with Crippen LogP contribution in [0.2, 0.25) is 0 Å². The van der Waals surface area contributed by atoms with Crippen LogP contribution in [0.15, 0.2) is 23.5 Å². The molecular weight excluding hydrogens is 274 g/mol. The number of carbonyl (C=O) groups is 2. The maximum absolute atomic E-state index is 11.9. The molecule has 1 atom stereocenters. The summed E-state index contributed by atoms with van der Waals surface area (Å²) in [4.78, 5) is 22.7. The zero-order valence-electron chi connectivity index (χ0n) is 12.1. The number of ether oxygens (including phenoxy) is 1. The summed E-state index contributed by atoms with van der Waals surface area (Å²) in [6.45, 7) is 4.32. The van der Waals surface area contributed by atoms with Crippen LogP contribution < -0.4 is 5.32 Å². The molecule has 0 radical (unpaired) electrons. The molecule has 1 unspecified atom stereocenters. The highest BCUT2D eigenvalue weighted by Gasteiger charge is 2.17. The minimum atomic E-state index is -1.10. The minimum absolute atomic E-state index is 0.0271. The van der Waals surface area contributed by atoms with Crippen LogP contribution in [0.1, 0.15) is 26.7 Å². The number of carboxylic acid groups (broad SMARTS) is 1. The van der Waals surface area contributed by atoms with Gasteiger partial charge in [0.1, 0.15) is 0 Å². The third-order valence-electron chi connectivity index (χ3n) is 3.53. The van der Waals surface area contributed by atoms with E-state index in [1.807, 2.05) is 0 Å². The molecule has 114 valence electrons. The fourth-order valence-electron chi connectivity index (χ4n) is 2.08. The van der Waals surface area contributed by atoms with Crippen molar-refractivity contribution in [2.75, 3.05) is 11.9 Å². The van der Waals surface area contributed by atoms with Crippen molar-refractivity contribution in [3.05, 3.63) is 23.5 Å². The molecule has 1 fully saturated rings. The molecule has 0 aromatic carbocycles. The van der Waals surface area contributed by atoms with Crippen LogP contribution in [0.4, 0.5) is 5.69 Å². The van der Waals surface area contributed by atoms with E-state index in [-0.39, 0.29) is 17.3 Å². The van der Waals surface area contributed by atoms with Crippen molar-refractivity contribution in [2.24, 2.45) is 0 Å². The molecule has 1 amide bonds. The number of hydrogen-bond donors (Lipinski definition) is 2. The summed E-state index contributed by atoms with van der Waals surface area (Å²) in [6.07, 6.45) is 5.50. The molecule has 1 saturated heterocycles. The smallest absolute Gasteiger partial charge is 0.331 e. The molecule has 7 nitrogen and oxygen atoms in total. The molecule has 7 heteroatoms. The number of anilines is 1. The summed E-state index contributed by atoms with van der Waals surface area (Å²) in [7, 11) is 0. The summed E-state index contributed by atoms with van der Waals surface area (Å²) in [5.41, 5.74) is 0.740. The summed E-state index contributed by atoms with van der Waals surface area (Å²) in [6, 6.07) is 0. The lowest BCUT2D eigenvalue weighted by molar-refractivity contribution is -0.133. The zero-order chi connectivity index (χ0) is 15.4. The fraction of sp³-hybridized carbons (Fsp3) is 0.500. The predicted octanol–water partition coefficient (Wildman–Crippen LogP) is 1.42. The van der Waals surface area contributed by atoms with Crippen molar-refractivity contribution >= 4 is 17.6 Å². The molecule has 0 spiro atoms. The normalized spacial score (nSPS) is 19.2. The molecule has 1 aromatic heterocycles. The first kappa shape index (κ1) is 15.2. The van der Waals surface area contributed by atoms with Crippen LogP contribution in [-0.4, -0.2) is 39.5 Å². The van der Waals surface area contributed by atoms with Crippen LogP contribution in [0.25, 0.3) is 0 Å². The molecule has 2 rings (SSSR count). The van der Waals surface area contributed by atoms with Crippen LogP contribution in [0.3, 0.4) is 0 Å². The van der Waals surface area contributed by atoms with E-state index in [1.54, 1.807) is 10.9 Å². The van der Waals surface area contributed by atoms with Crippen LogP contribution in [-0.2, 0) is 20.9 Å². The van der Waals surface area contributed by atoms with E-state index in [1.165, 1.54) is 20.0 Å². The number of amides is 1. The second-order valence-corrected chi connectivity index (χ2v) is 5.10. The Bertz CT molecular complexity index is 571. The van der Waals surface area contributed by atoms with Gasteiger partial charge in [-0.05, 0) is 26.7 Å². The molecule has 1 aliphatic heterocycles. The predicted molar refractivity (Wildman–Crippen MR) is 75.8 cm³/mol. The molecule has 2 heterocycles. The molecule has 0 saturated carbocycles. The Kier molecular flexibility index (Phi) is 4.74. The van der Waals surface area contributed by atoms with Gasteiger partial charge in [-0.25, -0.2) is 4.79 Å². The average Bonchev–Trinajstić information content (AvgIpc) is 3.09. The Hall–Kier alpha value is -2.15. The summed E-state index contributed by atoms with van der Waals surface area (Å²) in [5.74, 6) is -1.54. The average molecular weight is 293 g/mol. The molecule has 1 aliphatic rings. The van der Waals surface area contributed by atoms with Gasteiger partial charge in [0.25, 0.3) is 5.91 Å². The minimum Gasteiger partial charge on any atom is -0.478 e. The van der Waals surface area contributed by atoms with Gasteiger partial charge in [-0.1, -0.05) is 0 Å². The van der Waals surface area contributed by atoms with Gasteiger partial charge in [0.15, 0.2) is 0 Å². The van der Waals surface area contributed by atoms with Crippen LogP contribution in [0, 0.1) is 0 Å². The van der Waals surface area contributed by atoms with Gasteiger partial charge >= 0.3 is 5.97 Å². The van der Waals surface area contributed by atoms with Gasteiger partial charge in [-0.3, -0.25) is 9.48 Å². The van der Waals surface area contributed by atoms with Crippen molar-refractivity contribution in [3.8, 4) is 0 Å². The van der Waals surface area contributed by atoms with E-state index < -0.39 is 11.9 Å². The molecule has 0 bridgehead atoms. The van der Waals surface area contributed by atoms with Crippen molar-refractivity contribution in [1.82, 2.24) is 9.78 Å². The number of aliphatic carboxylic acids is 1. The SMILES string of the molecule is CC(C(=O)O)=C(C)C(=O)Nc1cnn(CC2CCCO2)c1. The first-order valence-electron chi connectivity index (χ1n) is 6.83. The van der Waals surface area contributed by atoms with Gasteiger partial charge < -0.3 is 15.2 Å². The molecular formula is C14H19N3O4. The highest BCUT2D eigenvalue weighted by atomic mass is 16.5. The quantitative estimate of drug-likeness (QED) is 0.801. The molecule has 1 aromatic rings. The Morgan fingerprint density at radius 2 is 2.24 bits per heavy atom. The highest BCUT2D eigenvalue weighted by Crippen LogP contribution is 2.15. The largest absolute Gasteiger partial charge is 0.478 e. The van der Waals surface area contributed by atoms with Crippen molar-refractivity contribution in [3.63, 3.8) is 0 Å². The monoisotopic (exact) mass is 293 g/mol. The number of nitrogens with zero attached hydrogens (tertiary/aromatic N) is 2. The Labute approximate surface area is 122 Å². The first-order chi connectivity index (χ1) is 9.97. The third kappa shape index (κ3) is 3.91. The maximum atomic E-state index is 11.9. The van der Waals surface area contributed by atoms with Crippen molar-refractivity contribution < 1.29 is 19.4 Å². The van der Waals surface area contributed by atoms with Gasteiger partial charge in [-0.15, -0.1) is 0 Å². The van der Waals surface area contributed by atoms with Gasteiger partial charge in [0.05, 0.1) is 24.5 Å². The Balaban J connectivity index is 1.97. The highest BCUT2D eigenvalue weighted by molar-refractivity contribution is 6.07. The van der Waals surface area contributed by atoms with Gasteiger partial charge in [0, 0.05) is 23.9 Å². The lowest BCUT2D eigenvalue weighted by Gasteiger charge is -2.08. The second-order valence-electron chi connectivity index (χ2n) is 5.10. The Morgan fingerprint density at radius 3 is 2.86 bits per heavy atom. The number of carboxylic acids is 1. The van der Waals surface area contributed by atoms with Crippen molar-refractivity contribution in [1.29, 1.82) is 0 Å². The van der Waals surface area contributed by atoms with E-state index >= 15 is 0 Å². The first-order valence-corrected chi connectivity index (χ1v) is 6.83. The standard InChI is InChI=1S/C14H19N3O4/c1-9(10(2)14(19)20)13(18)16-11-6-15-17(7-11)8-12-4-3-5-21-12/h6-7,12H,3-5,8H2,1-2H3,(H,16,18)(H,19,20). The number of aromatic nitrogens is 2. The topological polar surface area (TPSA) is 93.5 Å². The zero-order valence-corrected chi connectivity index (χ0v) is 12.1. The maximum Gasteiger partial charge on any atom is 0.331 e. The van der Waals surface area contributed by atoms with E-state index in [0.717, 1.165) is 19.4 Å². The van der Waals surface area contributed by atoms with E-state index in [4.69, 9.17) is 9.84 Å². The third-order valence-corrected chi connectivity index (χ3v) is 3.53. The lowest BCUT2D eigenvalue weighted by atomic mass is 10.1. The van der Waals surface area contributed by atoms with E-state index in [2.05, 4.69) is 10.4 Å². The summed E-state index contributed by atoms with van der Waals surface area (Å²) >= 11 is 0. The van der Waals surface area contributed by atoms with E-state index in [9.17, 15) is 9.59 Å². The molecule has 2 N–H and O–H groups in total. The fourth-order valence-corrected chi connectivity index (χ4v) is 2.08. The van der Waals surface area contributed by atoms with Gasteiger partial charge in [-0.2, -0.15) is 5.10 Å². The van der Waals surface area contributed by atoms with Gasteiger partial charge in [0.2, 0.25) is 0 Å². The van der Waals surface area contributed by atoms with E-state index in [0.29, 0.717) is 12.2 Å². The number of rotatable bonds is 5. The second kappa shape index (κ2) is 6.53. The molecule has 21 heavy (non-hydrogen) atoms. The number of nitrogens with one attached hydrogen (secondary N) is 1. The van der Waals surface area contributed by atoms with Crippen LogP contribution in [0.5, 0.6) is 0 Å². The summed E-state index contributed by atoms with van der Waals surface area (Å²) in [5, 5.41) is 15.7. The van der Waals surface area contributed by atoms with Crippen molar-refractivity contribution in [2.45, 2.75) is 39.3 Å². The number of carbonyl (C=O) groups excluding carboxylic acids is 1. The lowest BCUT2D eigenvalue weighted by Crippen LogP contribution is -2.16. The Morgan fingerprint density at radius 1 is 1.48 bits per heavy atom. The molecule has 0 aliphatic carbocycles. The number of hydrogen-bond acceptors (Lipinski definition) is 4. The summed E-state index contributed by atoms with van der Waals surface area (Å²) < 4.78 is 7.24. The van der Waals surface area contributed by atoms with Crippen LogP contribution >= 0.6 is 0 Å².